The Morgan fingerprint density at radius 2 is 1.26 bits per heavy atom. The van der Waals surface area contributed by atoms with Crippen molar-refractivity contribution in [2.45, 2.75) is 51.6 Å². The van der Waals surface area contributed by atoms with E-state index in [1.807, 2.05) is 20.8 Å². The average Bonchev–Trinajstić information content (AvgIpc) is 2.39. The van der Waals surface area contributed by atoms with E-state index in [4.69, 9.17) is 25.7 Å². The van der Waals surface area contributed by atoms with Crippen molar-refractivity contribution in [3.05, 3.63) is 0 Å². The Bertz CT molecular complexity index is 193. The fourth-order valence-electron chi connectivity index (χ4n) is 1.95. The zero-order valence-corrected chi connectivity index (χ0v) is 12.8. The SMILES string of the molecule is CCOCCC(N)C(N)(CCOCC)CCOCC. The van der Waals surface area contributed by atoms with Crippen LogP contribution in [0, 0.1) is 0 Å². The summed E-state index contributed by atoms with van der Waals surface area (Å²) in [5.74, 6) is 0. The van der Waals surface area contributed by atoms with E-state index in [1.54, 1.807) is 0 Å². The fraction of sp³-hybridized carbons (Fsp3) is 1.00. The van der Waals surface area contributed by atoms with Crippen molar-refractivity contribution in [3.63, 3.8) is 0 Å². The third-order valence-electron chi connectivity index (χ3n) is 3.35. The maximum atomic E-state index is 6.46. The van der Waals surface area contributed by atoms with Crippen molar-refractivity contribution in [2.24, 2.45) is 11.5 Å². The molecule has 0 bridgehead atoms. The molecule has 19 heavy (non-hydrogen) atoms. The summed E-state index contributed by atoms with van der Waals surface area (Å²) in [5.41, 5.74) is 12.3. The molecule has 0 aromatic heterocycles. The van der Waals surface area contributed by atoms with Crippen molar-refractivity contribution in [1.82, 2.24) is 0 Å². The number of rotatable bonds is 13. The number of hydrogen-bond donors (Lipinski definition) is 2. The molecule has 0 rings (SSSR count). The third kappa shape index (κ3) is 8.55. The lowest BCUT2D eigenvalue weighted by Gasteiger charge is -2.35. The Morgan fingerprint density at radius 1 is 0.842 bits per heavy atom. The first-order valence-corrected chi connectivity index (χ1v) is 7.38. The molecule has 0 spiro atoms. The Hall–Kier alpha value is -0.200. The highest BCUT2D eigenvalue weighted by Crippen LogP contribution is 2.19. The van der Waals surface area contributed by atoms with Gasteiger partial charge in [-0.25, -0.2) is 0 Å². The molecule has 0 radical (unpaired) electrons. The highest BCUT2D eigenvalue weighted by atomic mass is 16.5. The van der Waals surface area contributed by atoms with Crippen molar-refractivity contribution in [2.75, 3.05) is 39.6 Å². The molecule has 5 nitrogen and oxygen atoms in total. The molecule has 4 N–H and O–H groups in total. The smallest absolute Gasteiger partial charge is 0.0484 e. The fourth-order valence-corrected chi connectivity index (χ4v) is 1.95. The monoisotopic (exact) mass is 276 g/mol. The van der Waals surface area contributed by atoms with Gasteiger partial charge in [-0.3, -0.25) is 0 Å². The average molecular weight is 276 g/mol. The van der Waals surface area contributed by atoms with Gasteiger partial charge in [0.05, 0.1) is 0 Å². The summed E-state index contributed by atoms with van der Waals surface area (Å²) >= 11 is 0. The summed E-state index contributed by atoms with van der Waals surface area (Å²) in [7, 11) is 0. The minimum Gasteiger partial charge on any atom is -0.382 e. The minimum absolute atomic E-state index is 0.0973. The molecule has 116 valence electrons. The lowest BCUT2D eigenvalue weighted by atomic mass is 9.83. The first kappa shape index (κ1) is 18.8. The summed E-state index contributed by atoms with van der Waals surface area (Å²) in [4.78, 5) is 0. The van der Waals surface area contributed by atoms with E-state index in [0.717, 1.165) is 19.3 Å². The Labute approximate surface area is 118 Å². The Balaban J connectivity index is 4.26. The molecule has 0 amide bonds. The third-order valence-corrected chi connectivity index (χ3v) is 3.35. The molecule has 0 saturated heterocycles. The molecule has 0 aliphatic rings. The molecular formula is C14H32N2O3. The summed E-state index contributed by atoms with van der Waals surface area (Å²) in [6.45, 7) is 9.99. The second-order valence-corrected chi connectivity index (χ2v) is 4.72. The van der Waals surface area contributed by atoms with E-state index in [1.165, 1.54) is 0 Å². The van der Waals surface area contributed by atoms with Crippen LogP contribution in [0.1, 0.15) is 40.0 Å². The zero-order chi connectivity index (χ0) is 14.6. The maximum Gasteiger partial charge on any atom is 0.0484 e. The van der Waals surface area contributed by atoms with E-state index >= 15 is 0 Å². The molecule has 0 aliphatic heterocycles. The van der Waals surface area contributed by atoms with Crippen molar-refractivity contribution >= 4 is 0 Å². The van der Waals surface area contributed by atoms with Gasteiger partial charge in [0.2, 0.25) is 0 Å². The predicted octanol–water partition coefficient (Wildman–Crippen LogP) is 1.29. The van der Waals surface area contributed by atoms with E-state index < -0.39 is 5.54 Å². The van der Waals surface area contributed by atoms with Crippen LogP contribution >= 0.6 is 0 Å². The highest BCUT2D eigenvalue weighted by Gasteiger charge is 2.31. The largest absolute Gasteiger partial charge is 0.382 e. The predicted molar refractivity (Wildman–Crippen MR) is 78.2 cm³/mol. The van der Waals surface area contributed by atoms with Crippen LogP contribution in [0.4, 0.5) is 0 Å². The van der Waals surface area contributed by atoms with Gasteiger partial charge in [0.1, 0.15) is 0 Å². The molecule has 5 heteroatoms. The first-order valence-electron chi connectivity index (χ1n) is 7.38. The van der Waals surface area contributed by atoms with Crippen LogP contribution in [0.15, 0.2) is 0 Å². The van der Waals surface area contributed by atoms with Gasteiger partial charge in [0, 0.05) is 51.2 Å². The highest BCUT2D eigenvalue weighted by molar-refractivity contribution is 4.94. The van der Waals surface area contributed by atoms with Gasteiger partial charge in [-0.1, -0.05) is 0 Å². The van der Waals surface area contributed by atoms with Gasteiger partial charge in [0.25, 0.3) is 0 Å². The zero-order valence-electron chi connectivity index (χ0n) is 12.8. The molecule has 0 saturated carbocycles. The van der Waals surface area contributed by atoms with Crippen LogP contribution in [-0.4, -0.2) is 51.2 Å². The standard InChI is InChI=1S/C14H32N2O3/c1-4-17-10-7-13(15)14(16,8-11-18-5-2)9-12-19-6-3/h13H,4-12,15-16H2,1-3H3. The van der Waals surface area contributed by atoms with Crippen molar-refractivity contribution < 1.29 is 14.2 Å². The van der Waals surface area contributed by atoms with Gasteiger partial charge >= 0.3 is 0 Å². The summed E-state index contributed by atoms with van der Waals surface area (Å²) in [5, 5.41) is 0. The van der Waals surface area contributed by atoms with Gasteiger partial charge < -0.3 is 25.7 Å². The summed E-state index contributed by atoms with van der Waals surface area (Å²) < 4.78 is 16.2. The van der Waals surface area contributed by atoms with Crippen molar-refractivity contribution in [1.29, 1.82) is 0 Å². The lowest BCUT2D eigenvalue weighted by molar-refractivity contribution is 0.0776. The lowest BCUT2D eigenvalue weighted by Crippen LogP contribution is -2.57. The molecule has 0 aromatic rings. The molecule has 0 aliphatic carbocycles. The quantitative estimate of drug-likeness (QED) is 0.496. The van der Waals surface area contributed by atoms with Crippen LogP contribution < -0.4 is 11.5 Å². The van der Waals surface area contributed by atoms with Gasteiger partial charge in [0.15, 0.2) is 0 Å². The van der Waals surface area contributed by atoms with Crippen LogP contribution in [0.2, 0.25) is 0 Å². The van der Waals surface area contributed by atoms with E-state index in [2.05, 4.69) is 0 Å². The molecule has 0 heterocycles. The topological polar surface area (TPSA) is 79.7 Å². The van der Waals surface area contributed by atoms with Gasteiger partial charge in [-0.15, -0.1) is 0 Å². The molecule has 0 aromatic carbocycles. The molecule has 0 fully saturated rings. The van der Waals surface area contributed by atoms with Crippen LogP contribution in [0.3, 0.4) is 0 Å². The molecular weight excluding hydrogens is 244 g/mol. The maximum absolute atomic E-state index is 6.46. The minimum atomic E-state index is -0.443. The Morgan fingerprint density at radius 3 is 1.68 bits per heavy atom. The first-order chi connectivity index (χ1) is 9.10. The number of hydrogen-bond acceptors (Lipinski definition) is 5. The molecule has 1 unspecified atom stereocenters. The second-order valence-electron chi connectivity index (χ2n) is 4.72. The van der Waals surface area contributed by atoms with E-state index in [0.29, 0.717) is 39.6 Å². The van der Waals surface area contributed by atoms with E-state index in [-0.39, 0.29) is 6.04 Å². The number of ether oxygens (including phenoxy) is 3. The summed E-state index contributed by atoms with van der Waals surface area (Å²) in [6.07, 6.45) is 2.27. The van der Waals surface area contributed by atoms with Gasteiger partial charge in [-0.2, -0.15) is 0 Å². The van der Waals surface area contributed by atoms with Crippen LogP contribution in [0.25, 0.3) is 0 Å². The molecule has 1 atom stereocenters. The Kier molecular flexibility index (Phi) is 11.5. The second kappa shape index (κ2) is 11.6. The van der Waals surface area contributed by atoms with Crippen LogP contribution in [-0.2, 0) is 14.2 Å². The van der Waals surface area contributed by atoms with Crippen LogP contribution in [0.5, 0.6) is 0 Å². The number of nitrogens with two attached hydrogens (primary N) is 2. The van der Waals surface area contributed by atoms with Gasteiger partial charge in [-0.05, 0) is 40.0 Å². The normalized spacial score (nSPS) is 13.7. The van der Waals surface area contributed by atoms with Crippen molar-refractivity contribution in [3.8, 4) is 0 Å². The summed E-state index contributed by atoms with van der Waals surface area (Å²) in [6, 6.07) is -0.0973. The van der Waals surface area contributed by atoms with E-state index in [9.17, 15) is 0 Å².